The van der Waals surface area contributed by atoms with E-state index >= 15 is 0 Å². The van der Waals surface area contributed by atoms with E-state index in [1.807, 2.05) is 61.5 Å². The summed E-state index contributed by atoms with van der Waals surface area (Å²) in [5.41, 5.74) is 0.808. The molecule has 0 unspecified atom stereocenters. The molecule has 2 aromatic rings. The number of fused-ring (bicyclic) bond motifs is 4. The number of hydrogen-bond donors (Lipinski definition) is 1. The van der Waals surface area contributed by atoms with Crippen molar-refractivity contribution in [3.05, 3.63) is 72.8 Å². The zero-order chi connectivity index (χ0) is 19.0. The molecule has 1 saturated heterocycles. The second-order valence-corrected chi connectivity index (χ2v) is 7.20. The summed E-state index contributed by atoms with van der Waals surface area (Å²) < 4.78 is 6.20. The Kier molecular flexibility index (Phi) is 4.22. The lowest BCUT2D eigenvalue weighted by molar-refractivity contribution is -0.173. The van der Waals surface area contributed by atoms with Crippen molar-refractivity contribution < 1.29 is 14.3 Å². The molecule has 2 aliphatic heterocycles. The Balaban J connectivity index is 1.75. The first-order valence-corrected chi connectivity index (χ1v) is 9.10. The van der Waals surface area contributed by atoms with Crippen LogP contribution in [0.4, 0.5) is 5.69 Å². The van der Waals surface area contributed by atoms with Crippen LogP contribution in [0.15, 0.2) is 67.3 Å². The summed E-state index contributed by atoms with van der Waals surface area (Å²) in [5, 5.41) is 2.90. The maximum atomic E-state index is 13.3. The third-order valence-corrected chi connectivity index (χ3v) is 5.39. The first-order valence-electron chi connectivity index (χ1n) is 9.10. The van der Waals surface area contributed by atoms with E-state index in [9.17, 15) is 9.59 Å². The van der Waals surface area contributed by atoms with Crippen LogP contribution in [-0.2, 0) is 9.59 Å². The number of piperidine rings is 1. The normalized spacial score (nSPS) is 26.0. The van der Waals surface area contributed by atoms with Crippen molar-refractivity contribution in [1.29, 1.82) is 0 Å². The number of likely N-dealkylation sites (tertiary alicyclic amines) is 1. The summed E-state index contributed by atoms with van der Waals surface area (Å²) in [6, 6.07) is 16.9. The van der Waals surface area contributed by atoms with Gasteiger partial charge >= 0.3 is 0 Å². The van der Waals surface area contributed by atoms with Crippen molar-refractivity contribution in [3.8, 4) is 5.75 Å². The van der Waals surface area contributed by atoms with Crippen LogP contribution in [0.25, 0.3) is 0 Å². The molecule has 4 rings (SSSR count). The van der Waals surface area contributed by atoms with Crippen molar-refractivity contribution >= 4 is 17.5 Å². The maximum Gasteiger partial charge on any atom is 0.239 e. The average molecular weight is 362 g/mol. The highest BCUT2D eigenvalue weighted by atomic mass is 16.5. The van der Waals surface area contributed by atoms with E-state index in [4.69, 9.17) is 4.74 Å². The molecule has 2 amide bonds. The molecule has 0 spiro atoms. The molecule has 2 aromatic carbocycles. The minimum atomic E-state index is -0.803. The predicted molar refractivity (Wildman–Crippen MR) is 103 cm³/mol. The van der Waals surface area contributed by atoms with Gasteiger partial charge in [-0.1, -0.05) is 42.5 Å². The third-order valence-electron chi connectivity index (χ3n) is 5.39. The van der Waals surface area contributed by atoms with E-state index in [2.05, 4.69) is 11.9 Å². The van der Waals surface area contributed by atoms with Gasteiger partial charge in [-0.05, 0) is 30.7 Å². The molecular formula is C22H22N2O3. The van der Waals surface area contributed by atoms with Crippen molar-refractivity contribution in [1.82, 2.24) is 4.90 Å². The van der Waals surface area contributed by atoms with Crippen molar-refractivity contribution in [2.45, 2.75) is 25.0 Å². The Bertz CT molecular complexity index is 895. The molecule has 27 heavy (non-hydrogen) atoms. The van der Waals surface area contributed by atoms with Gasteiger partial charge < -0.3 is 15.0 Å². The zero-order valence-electron chi connectivity index (χ0n) is 15.2. The van der Waals surface area contributed by atoms with Crippen LogP contribution in [0.1, 0.15) is 24.8 Å². The fourth-order valence-corrected chi connectivity index (χ4v) is 4.16. The summed E-state index contributed by atoms with van der Waals surface area (Å²) in [7, 11) is 0. The van der Waals surface area contributed by atoms with E-state index in [-0.39, 0.29) is 17.7 Å². The van der Waals surface area contributed by atoms with Gasteiger partial charge in [0.05, 0.1) is 0 Å². The van der Waals surface area contributed by atoms with Crippen LogP contribution in [-0.4, -0.2) is 29.0 Å². The van der Waals surface area contributed by atoms with Gasteiger partial charge in [0.1, 0.15) is 11.7 Å². The van der Waals surface area contributed by atoms with E-state index in [1.54, 1.807) is 11.0 Å². The Labute approximate surface area is 158 Å². The second-order valence-electron chi connectivity index (χ2n) is 7.20. The Hall–Kier alpha value is -3.08. The van der Waals surface area contributed by atoms with Gasteiger partial charge in [0, 0.05) is 24.6 Å². The molecule has 3 atom stereocenters. The van der Waals surface area contributed by atoms with Crippen LogP contribution in [0, 0.1) is 5.92 Å². The van der Waals surface area contributed by atoms with E-state index in [0.29, 0.717) is 18.7 Å². The minimum absolute atomic E-state index is 0.225. The number of carbonyl (C=O) groups excluding carboxylic acids is 2. The number of amides is 2. The second kappa shape index (κ2) is 6.58. The van der Waals surface area contributed by atoms with Gasteiger partial charge in [0.15, 0.2) is 5.72 Å². The summed E-state index contributed by atoms with van der Waals surface area (Å²) in [6.45, 7) is 6.00. The summed E-state index contributed by atoms with van der Waals surface area (Å²) in [4.78, 5) is 28.1. The highest BCUT2D eigenvalue weighted by Gasteiger charge is 2.55. The topological polar surface area (TPSA) is 58.6 Å². The van der Waals surface area contributed by atoms with Crippen molar-refractivity contribution in [2.24, 2.45) is 5.92 Å². The number of anilines is 1. The number of hydrogen-bond acceptors (Lipinski definition) is 3. The molecule has 0 radical (unpaired) electrons. The molecule has 0 aliphatic carbocycles. The highest BCUT2D eigenvalue weighted by molar-refractivity contribution is 6.08. The maximum absolute atomic E-state index is 13.3. The van der Waals surface area contributed by atoms with Crippen molar-refractivity contribution in [3.63, 3.8) is 0 Å². The lowest BCUT2D eigenvalue weighted by Crippen LogP contribution is -2.64. The van der Waals surface area contributed by atoms with E-state index in [0.717, 1.165) is 11.3 Å². The number of nitrogens with zero attached hydrogens (tertiary/aromatic N) is 1. The molecule has 0 saturated carbocycles. The largest absolute Gasteiger partial charge is 0.468 e. The Morgan fingerprint density at radius 1 is 1.26 bits per heavy atom. The lowest BCUT2D eigenvalue weighted by Gasteiger charge is -2.52. The van der Waals surface area contributed by atoms with Gasteiger partial charge in [-0.2, -0.15) is 0 Å². The van der Waals surface area contributed by atoms with Crippen molar-refractivity contribution in [2.75, 3.05) is 11.9 Å². The fourth-order valence-electron chi connectivity index (χ4n) is 4.16. The van der Waals surface area contributed by atoms with Gasteiger partial charge in [-0.15, -0.1) is 6.58 Å². The smallest absolute Gasteiger partial charge is 0.239 e. The SMILES string of the molecule is C=CCN1C(=O)[C@@H](C(=O)Nc2ccccc2)[C@@H]2C[C@]1(C)Oc1ccccc12. The Morgan fingerprint density at radius 3 is 2.70 bits per heavy atom. The quantitative estimate of drug-likeness (QED) is 0.668. The van der Waals surface area contributed by atoms with Gasteiger partial charge in [0.2, 0.25) is 11.8 Å². The van der Waals surface area contributed by atoms with Crippen LogP contribution in [0.3, 0.4) is 0 Å². The molecule has 5 heteroatoms. The summed E-state index contributed by atoms with van der Waals surface area (Å²) in [5.74, 6) is -0.809. The third kappa shape index (κ3) is 2.89. The molecule has 1 fully saturated rings. The van der Waals surface area contributed by atoms with Gasteiger partial charge in [-0.3, -0.25) is 9.59 Å². The van der Waals surface area contributed by atoms with Gasteiger partial charge in [0.25, 0.3) is 0 Å². The standard InChI is InChI=1S/C22H22N2O3/c1-3-13-24-21(26)19(20(25)23-15-9-5-4-6-10-15)17-14-22(24,2)27-18-12-8-7-11-16(17)18/h3-12,17,19H,1,13-14H2,2H3,(H,23,25)/t17-,19-,22+/m1/s1. The first-order chi connectivity index (χ1) is 13.0. The number of carbonyl (C=O) groups is 2. The molecular weight excluding hydrogens is 340 g/mol. The molecule has 0 aromatic heterocycles. The molecule has 138 valence electrons. The van der Waals surface area contributed by atoms with Crippen LogP contribution < -0.4 is 10.1 Å². The molecule has 5 nitrogen and oxygen atoms in total. The predicted octanol–water partition coefficient (Wildman–Crippen LogP) is 3.55. The number of ether oxygens (including phenoxy) is 1. The lowest BCUT2D eigenvalue weighted by atomic mass is 9.73. The van der Waals surface area contributed by atoms with Crippen LogP contribution in [0.5, 0.6) is 5.75 Å². The first kappa shape index (κ1) is 17.3. The van der Waals surface area contributed by atoms with E-state index < -0.39 is 11.6 Å². The number of rotatable bonds is 4. The van der Waals surface area contributed by atoms with Gasteiger partial charge in [-0.25, -0.2) is 0 Å². The summed E-state index contributed by atoms with van der Waals surface area (Å²) in [6.07, 6.45) is 2.23. The van der Waals surface area contributed by atoms with Crippen LogP contribution in [0.2, 0.25) is 0 Å². The highest BCUT2D eigenvalue weighted by Crippen LogP contribution is 2.50. The monoisotopic (exact) mass is 362 g/mol. The Morgan fingerprint density at radius 2 is 1.96 bits per heavy atom. The molecule has 2 aliphatic rings. The molecule has 2 bridgehead atoms. The fraction of sp³-hybridized carbons (Fsp3) is 0.273. The zero-order valence-corrected chi connectivity index (χ0v) is 15.2. The van der Waals surface area contributed by atoms with Crippen LogP contribution >= 0.6 is 0 Å². The minimum Gasteiger partial charge on any atom is -0.468 e. The number of benzene rings is 2. The number of nitrogens with one attached hydrogen (secondary N) is 1. The molecule has 2 heterocycles. The summed E-state index contributed by atoms with van der Waals surface area (Å²) >= 11 is 0. The number of para-hydroxylation sites is 2. The van der Waals surface area contributed by atoms with E-state index in [1.165, 1.54) is 0 Å². The average Bonchev–Trinajstić information content (AvgIpc) is 2.66. The molecule has 1 N–H and O–H groups in total.